The molecule has 3 aromatic rings. The zero-order chi connectivity index (χ0) is 15.0. The smallest absolute Gasteiger partial charge is 0.181 e. The molecule has 3 rings (SSSR count). The quantitative estimate of drug-likeness (QED) is 0.375. The summed E-state index contributed by atoms with van der Waals surface area (Å²) in [6.07, 6.45) is 0.804. The van der Waals surface area contributed by atoms with Gasteiger partial charge in [-0.1, -0.05) is 36.7 Å². The summed E-state index contributed by atoms with van der Waals surface area (Å²) in [6.45, 7) is 2.05. The molecule has 0 aliphatic heterocycles. The molecule has 0 N–H and O–H groups in total. The Labute approximate surface area is 149 Å². The summed E-state index contributed by atoms with van der Waals surface area (Å²) < 4.78 is 1.76. The highest BCUT2D eigenvalue weighted by Crippen LogP contribution is 2.30. The summed E-state index contributed by atoms with van der Waals surface area (Å²) in [6, 6.07) is 9.98. The van der Waals surface area contributed by atoms with Crippen molar-refractivity contribution in [2.24, 2.45) is 0 Å². The average molecular weight is 475 g/mol. The first kappa shape index (κ1) is 15.1. The van der Waals surface area contributed by atoms with Crippen LogP contribution in [0.25, 0.3) is 22.4 Å². The molecule has 0 aliphatic rings. The average Bonchev–Trinajstić information content (AvgIpc) is 2.49. The molecule has 0 spiro atoms. The van der Waals surface area contributed by atoms with Crippen molar-refractivity contribution in [3.63, 3.8) is 0 Å². The van der Waals surface area contributed by atoms with Gasteiger partial charge in [0.15, 0.2) is 5.82 Å². The molecular weight excluding hydrogens is 464 g/mol. The first-order chi connectivity index (χ1) is 10.1. The van der Waals surface area contributed by atoms with Crippen LogP contribution in [0.3, 0.4) is 0 Å². The number of halogens is 3. The number of rotatable bonds is 2. The van der Waals surface area contributed by atoms with Gasteiger partial charge in [-0.15, -0.1) is 0 Å². The number of nitrogens with zero attached hydrogens (tertiary/aromatic N) is 3. The lowest BCUT2D eigenvalue weighted by molar-refractivity contribution is 0.983. The third-order valence-electron chi connectivity index (χ3n) is 3.10. The maximum Gasteiger partial charge on any atom is 0.181 e. The predicted octanol–water partition coefficient (Wildman–Crippen LogP) is 5.27. The van der Waals surface area contributed by atoms with Crippen LogP contribution < -0.4 is 0 Å². The van der Waals surface area contributed by atoms with Gasteiger partial charge in [0.1, 0.15) is 10.8 Å². The van der Waals surface area contributed by atoms with Gasteiger partial charge in [0.2, 0.25) is 0 Å². The van der Waals surface area contributed by atoms with Gasteiger partial charge in [0.05, 0.1) is 14.8 Å². The molecule has 0 amide bonds. The number of benzene rings is 1. The molecule has 0 fully saturated rings. The van der Waals surface area contributed by atoms with E-state index in [4.69, 9.17) is 11.6 Å². The minimum Gasteiger partial charge on any atom is -0.243 e. The number of pyridine rings is 1. The van der Waals surface area contributed by atoms with Crippen LogP contribution in [0.1, 0.15) is 12.6 Å². The second kappa shape index (κ2) is 6.14. The van der Waals surface area contributed by atoms with Gasteiger partial charge in [-0.3, -0.25) is 0 Å². The normalized spacial score (nSPS) is 11.0. The molecule has 0 bridgehead atoms. The number of para-hydroxylation sites is 1. The van der Waals surface area contributed by atoms with E-state index in [1.54, 1.807) is 0 Å². The number of hydrogen-bond donors (Lipinski definition) is 0. The van der Waals surface area contributed by atoms with E-state index in [0.29, 0.717) is 16.7 Å². The Morgan fingerprint density at radius 2 is 1.95 bits per heavy atom. The highest BCUT2D eigenvalue weighted by Gasteiger charge is 2.15. The Morgan fingerprint density at radius 1 is 1.19 bits per heavy atom. The van der Waals surface area contributed by atoms with Gasteiger partial charge < -0.3 is 0 Å². The van der Waals surface area contributed by atoms with Crippen LogP contribution in [0.2, 0.25) is 5.15 Å². The first-order valence-corrected chi connectivity index (χ1v) is 8.62. The SMILES string of the molecule is CCc1nc(-c2nc3ccccc3cc2Br)nc(Cl)c1I. The molecule has 3 nitrogen and oxygen atoms in total. The third kappa shape index (κ3) is 2.91. The molecule has 0 saturated carbocycles. The van der Waals surface area contributed by atoms with Gasteiger partial charge in [-0.2, -0.15) is 0 Å². The van der Waals surface area contributed by atoms with Crippen molar-refractivity contribution < 1.29 is 0 Å². The van der Waals surface area contributed by atoms with E-state index in [9.17, 15) is 0 Å². The van der Waals surface area contributed by atoms with Crippen molar-refractivity contribution in [3.05, 3.63) is 49.2 Å². The maximum atomic E-state index is 6.22. The van der Waals surface area contributed by atoms with Crippen LogP contribution >= 0.6 is 50.1 Å². The van der Waals surface area contributed by atoms with Gasteiger partial charge in [-0.25, -0.2) is 15.0 Å². The van der Waals surface area contributed by atoms with E-state index in [1.807, 2.05) is 37.3 Å². The topological polar surface area (TPSA) is 38.7 Å². The van der Waals surface area contributed by atoms with Crippen molar-refractivity contribution in [2.75, 3.05) is 0 Å². The van der Waals surface area contributed by atoms with Crippen LogP contribution in [0.15, 0.2) is 34.8 Å². The molecule has 6 heteroatoms. The van der Waals surface area contributed by atoms with Gasteiger partial charge >= 0.3 is 0 Å². The first-order valence-electron chi connectivity index (χ1n) is 6.37. The second-order valence-electron chi connectivity index (χ2n) is 4.46. The Hall–Kier alpha value is -0.790. The lowest BCUT2D eigenvalue weighted by atomic mass is 10.2. The minimum absolute atomic E-state index is 0.472. The minimum atomic E-state index is 0.472. The van der Waals surface area contributed by atoms with Crippen molar-refractivity contribution in [2.45, 2.75) is 13.3 Å². The molecule has 1 aromatic carbocycles. The molecular formula is C15H10BrClIN3. The van der Waals surface area contributed by atoms with Crippen LogP contribution in [-0.4, -0.2) is 15.0 Å². The van der Waals surface area contributed by atoms with E-state index < -0.39 is 0 Å². The standard InChI is InChI=1S/C15H10BrClIN3/c1-2-10-12(18)14(17)21-15(20-10)13-9(16)7-8-5-3-4-6-11(8)19-13/h3-7H,2H2,1H3. The third-order valence-corrected chi connectivity index (χ3v) is 5.43. The molecule has 0 radical (unpaired) electrons. The summed E-state index contributed by atoms with van der Waals surface area (Å²) in [4.78, 5) is 13.6. The molecule has 2 heterocycles. The van der Waals surface area contributed by atoms with E-state index >= 15 is 0 Å². The zero-order valence-corrected chi connectivity index (χ0v) is 15.6. The van der Waals surface area contributed by atoms with E-state index in [0.717, 1.165) is 31.1 Å². The predicted molar refractivity (Wildman–Crippen MR) is 97.6 cm³/mol. The Kier molecular flexibility index (Phi) is 4.42. The summed E-state index contributed by atoms with van der Waals surface area (Å²) in [5.41, 5.74) is 2.56. The maximum absolute atomic E-state index is 6.22. The van der Waals surface area contributed by atoms with Gasteiger partial charge in [0, 0.05) is 9.86 Å². The molecule has 106 valence electrons. The molecule has 0 unspecified atom stereocenters. The lowest BCUT2D eigenvalue weighted by Gasteiger charge is -2.08. The molecule has 0 atom stereocenters. The number of aromatic nitrogens is 3. The summed E-state index contributed by atoms with van der Waals surface area (Å²) in [5.74, 6) is 0.551. The fourth-order valence-electron chi connectivity index (χ4n) is 2.05. The van der Waals surface area contributed by atoms with E-state index in [1.165, 1.54) is 0 Å². The monoisotopic (exact) mass is 473 g/mol. The van der Waals surface area contributed by atoms with E-state index in [2.05, 4.69) is 53.5 Å². The van der Waals surface area contributed by atoms with Crippen molar-refractivity contribution in [3.8, 4) is 11.5 Å². The number of aryl methyl sites for hydroxylation is 1. The fraction of sp³-hybridized carbons (Fsp3) is 0.133. The molecule has 2 aromatic heterocycles. The van der Waals surface area contributed by atoms with Crippen LogP contribution in [0.4, 0.5) is 0 Å². The lowest BCUT2D eigenvalue weighted by Crippen LogP contribution is -2.01. The summed E-state index contributed by atoms with van der Waals surface area (Å²) in [5, 5.41) is 1.54. The van der Waals surface area contributed by atoms with E-state index in [-0.39, 0.29) is 0 Å². The van der Waals surface area contributed by atoms with Crippen molar-refractivity contribution in [1.29, 1.82) is 0 Å². The van der Waals surface area contributed by atoms with Crippen LogP contribution in [0, 0.1) is 3.57 Å². The summed E-state index contributed by atoms with van der Waals surface area (Å²) >= 11 is 11.9. The van der Waals surface area contributed by atoms with Crippen molar-refractivity contribution >= 4 is 61.0 Å². The Morgan fingerprint density at radius 3 is 2.71 bits per heavy atom. The highest BCUT2D eigenvalue weighted by molar-refractivity contribution is 14.1. The number of fused-ring (bicyclic) bond motifs is 1. The second-order valence-corrected chi connectivity index (χ2v) is 6.75. The molecule has 21 heavy (non-hydrogen) atoms. The fourth-order valence-corrected chi connectivity index (χ4v) is 3.37. The Balaban J connectivity index is 2.25. The van der Waals surface area contributed by atoms with Gasteiger partial charge in [-0.05, 0) is 57.1 Å². The molecule has 0 aliphatic carbocycles. The van der Waals surface area contributed by atoms with Crippen LogP contribution in [0.5, 0.6) is 0 Å². The zero-order valence-electron chi connectivity index (χ0n) is 11.1. The van der Waals surface area contributed by atoms with Crippen LogP contribution in [-0.2, 0) is 6.42 Å². The number of hydrogen-bond acceptors (Lipinski definition) is 3. The Bertz CT molecular complexity index is 839. The van der Waals surface area contributed by atoms with Gasteiger partial charge in [0.25, 0.3) is 0 Å². The van der Waals surface area contributed by atoms with Crippen molar-refractivity contribution in [1.82, 2.24) is 15.0 Å². The largest absolute Gasteiger partial charge is 0.243 e. The summed E-state index contributed by atoms with van der Waals surface area (Å²) in [7, 11) is 0. The highest BCUT2D eigenvalue weighted by atomic mass is 127. The molecule has 0 saturated heterocycles.